The molecule has 0 radical (unpaired) electrons. The molecule has 0 bridgehead atoms. The molecule has 0 saturated heterocycles. The van der Waals surface area contributed by atoms with E-state index in [1.807, 2.05) is 0 Å². The largest absolute Gasteiger partial charge is 0.573 e. The normalized spacial score (nSPS) is 12.0. The number of nitrogens with zero attached hydrogens (tertiary/aromatic N) is 1. The summed E-state index contributed by atoms with van der Waals surface area (Å²) >= 11 is 0. The van der Waals surface area contributed by atoms with Crippen LogP contribution in [0, 0.1) is 0 Å². The van der Waals surface area contributed by atoms with E-state index in [1.54, 1.807) is 22.9 Å². The van der Waals surface area contributed by atoms with Crippen LogP contribution in [0.5, 0.6) is 5.75 Å². The van der Waals surface area contributed by atoms with Crippen LogP contribution in [-0.2, 0) is 6.54 Å². The Morgan fingerprint density at radius 1 is 1.17 bits per heavy atom. The van der Waals surface area contributed by atoms with Crippen LogP contribution < -0.4 is 4.74 Å². The molecular formula is C12H11F4NO. The van der Waals surface area contributed by atoms with Crippen LogP contribution >= 0.6 is 0 Å². The van der Waals surface area contributed by atoms with Crippen molar-refractivity contribution in [2.45, 2.75) is 19.3 Å². The third-order valence-corrected chi connectivity index (χ3v) is 2.51. The number of benzene rings is 1. The predicted octanol–water partition coefficient (Wildman–Crippen LogP) is 3.90. The van der Waals surface area contributed by atoms with Gasteiger partial charge in [0.2, 0.25) is 0 Å². The summed E-state index contributed by atoms with van der Waals surface area (Å²) in [6, 6.07) is 6.10. The average molecular weight is 261 g/mol. The van der Waals surface area contributed by atoms with Crippen LogP contribution in [0.25, 0.3) is 10.9 Å². The lowest BCUT2D eigenvalue weighted by atomic mass is 10.2. The molecule has 1 heterocycles. The van der Waals surface area contributed by atoms with Crippen molar-refractivity contribution in [3.63, 3.8) is 0 Å². The molecule has 2 rings (SSSR count). The number of aromatic nitrogens is 1. The molecule has 0 aliphatic carbocycles. The lowest BCUT2D eigenvalue weighted by molar-refractivity contribution is -0.274. The Morgan fingerprint density at radius 3 is 2.61 bits per heavy atom. The van der Waals surface area contributed by atoms with Gasteiger partial charge in [0.1, 0.15) is 0 Å². The standard InChI is InChI=1S/C12H11F4NO/c13-6-2-7-17-8-5-9-3-1-4-10(11(9)17)18-12(14,15)16/h1,3-5,8H,2,6-7H2. The van der Waals surface area contributed by atoms with Gasteiger partial charge in [-0.3, -0.25) is 4.39 Å². The zero-order valence-corrected chi connectivity index (χ0v) is 9.38. The molecule has 0 fully saturated rings. The highest BCUT2D eigenvalue weighted by Gasteiger charge is 2.32. The second-order valence-corrected chi connectivity index (χ2v) is 3.79. The number of para-hydroxylation sites is 1. The number of ether oxygens (including phenoxy) is 1. The zero-order chi connectivity index (χ0) is 13.2. The molecular weight excluding hydrogens is 250 g/mol. The summed E-state index contributed by atoms with van der Waals surface area (Å²) in [7, 11) is 0. The van der Waals surface area contributed by atoms with E-state index in [-0.39, 0.29) is 12.2 Å². The number of fused-ring (bicyclic) bond motifs is 1. The molecule has 0 unspecified atom stereocenters. The lowest BCUT2D eigenvalue weighted by Crippen LogP contribution is -2.17. The van der Waals surface area contributed by atoms with Crippen molar-refractivity contribution in [3.8, 4) is 5.75 Å². The summed E-state index contributed by atoms with van der Waals surface area (Å²) in [6.07, 6.45) is -2.85. The molecule has 18 heavy (non-hydrogen) atoms. The van der Waals surface area contributed by atoms with Crippen molar-refractivity contribution in [2.24, 2.45) is 0 Å². The first-order valence-electron chi connectivity index (χ1n) is 5.41. The third kappa shape index (κ3) is 2.75. The number of halogens is 4. The summed E-state index contributed by atoms with van der Waals surface area (Å²) in [5.74, 6) is -0.260. The van der Waals surface area contributed by atoms with E-state index in [4.69, 9.17) is 0 Å². The molecule has 0 aliphatic rings. The van der Waals surface area contributed by atoms with E-state index in [1.165, 1.54) is 12.1 Å². The first-order chi connectivity index (χ1) is 8.51. The Morgan fingerprint density at radius 2 is 1.94 bits per heavy atom. The van der Waals surface area contributed by atoms with Gasteiger partial charge in [-0.2, -0.15) is 0 Å². The quantitative estimate of drug-likeness (QED) is 0.761. The zero-order valence-electron chi connectivity index (χ0n) is 9.38. The summed E-state index contributed by atoms with van der Waals surface area (Å²) < 4.78 is 54.5. The SMILES string of the molecule is FCCCn1ccc2cccc(OC(F)(F)F)c21. The van der Waals surface area contributed by atoms with Crippen molar-refractivity contribution in [1.82, 2.24) is 4.57 Å². The maximum absolute atomic E-state index is 12.3. The summed E-state index contributed by atoms with van der Waals surface area (Å²) in [5.41, 5.74) is 0.336. The maximum Gasteiger partial charge on any atom is 0.573 e. The van der Waals surface area contributed by atoms with Gasteiger partial charge in [0.25, 0.3) is 0 Å². The van der Waals surface area contributed by atoms with Gasteiger partial charge in [0.15, 0.2) is 5.75 Å². The molecule has 0 atom stereocenters. The van der Waals surface area contributed by atoms with Crippen molar-refractivity contribution >= 4 is 10.9 Å². The van der Waals surface area contributed by atoms with Gasteiger partial charge in [-0.15, -0.1) is 13.2 Å². The van der Waals surface area contributed by atoms with Gasteiger partial charge in [0.05, 0.1) is 12.2 Å². The van der Waals surface area contributed by atoms with Gasteiger partial charge in [-0.05, 0) is 18.6 Å². The fourth-order valence-corrected chi connectivity index (χ4v) is 1.85. The van der Waals surface area contributed by atoms with E-state index in [0.717, 1.165) is 0 Å². The topological polar surface area (TPSA) is 14.2 Å². The van der Waals surface area contributed by atoms with E-state index < -0.39 is 13.0 Å². The Labute approximate surface area is 101 Å². The van der Waals surface area contributed by atoms with Crippen LogP contribution in [0.3, 0.4) is 0 Å². The number of aryl methyl sites for hydroxylation is 1. The molecule has 0 aliphatic heterocycles. The van der Waals surface area contributed by atoms with Crippen LogP contribution in [0.1, 0.15) is 6.42 Å². The van der Waals surface area contributed by atoms with Crippen LogP contribution in [0.15, 0.2) is 30.5 Å². The minimum Gasteiger partial charge on any atom is -0.404 e. The first kappa shape index (κ1) is 12.7. The van der Waals surface area contributed by atoms with Crippen LogP contribution in [0.2, 0.25) is 0 Å². The molecule has 2 aromatic rings. The Hall–Kier alpha value is -1.72. The second-order valence-electron chi connectivity index (χ2n) is 3.79. The predicted molar refractivity (Wildman–Crippen MR) is 59.2 cm³/mol. The molecule has 98 valence electrons. The fraction of sp³-hybridized carbons (Fsp3) is 0.333. The molecule has 2 nitrogen and oxygen atoms in total. The number of hydrogen-bond acceptors (Lipinski definition) is 1. The van der Waals surface area contributed by atoms with E-state index in [2.05, 4.69) is 4.74 Å². The highest BCUT2D eigenvalue weighted by Crippen LogP contribution is 2.31. The molecule has 0 spiro atoms. The molecule has 0 saturated carbocycles. The van der Waals surface area contributed by atoms with Gasteiger partial charge in [-0.1, -0.05) is 12.1 Å². The Bertz CT molecular complexity index is 532. The third-order valence-electron chi connectivity index (χ3n) is 2.51. The summed E-state index contributed by atoms with van der Waals surface area (Å²) in [5, 5.41) is 0.635. The van der Waals surface area contributed by atoms with E-state index in [0.29, 0.717) is 17.4 Å². The molecule has 6 heteroatoms. The van der Waals surface area contributed by atoms with Gasteiger partial charge >= 0.3 is 6.36 Å². The molecule has 1 aromatic heterocycles. The average Bonchev–Trinajstić information content (AvgIpc) is 2.68. The van der Waals surface area contributed by atoms with Crippen molar-refractivity contribution in [3.05, 3.63) is 30.5 Å². The molecule has 0 N–H and O–H groups in total. The molecule has 0 amide bonds. The summed E-state index contributed by atoms with van der Waals surface area (Å²) in [4.78, 5) is 0. The number of alkyl halides is 4. The highest BCUT2D eigenvalue weighted by molar-refractivity contribution is 5.86. The van der Waals surface area contributed by atoms with Crippen molar-refractivity contribution in [1.29, 1.82) is 0 Å². The Kier molecular flexibility index (Phi) is 3.45. The minimum absolute atomic E-state index is 0.254. The lowest BCUT2D eigenvalue weighted by Gasteiger charge is -2.12. The first-order valence-corrected chi connectivity index (χ1v) is 5.41. The van der Waals surface area contributed by atoms with Gasteiger partial charge in [0, 0.05) is 18.1 Å². The smallest absolute Gasteiger partial charge is 0.404 e. The maximum atomic E-state index is 12.3. The second kappa shape index (κ2) is 4.88. The number of hydrogen-bond donors (Lipinski definition) is 0. The van der Waals surface area contributed by atoms with Gasteiger partial charge in [-0.25, -0.2) is 0 Å². The van der Waals surface area contributed by atoms with Crippen molar-refractivity contribution in [2.75, 3.05) is 6.67 Å². The van der Waals surface area contributed by atoms with Crippen LogP contribution in [0.4, 0.5) is 17.6 Å². The number of rotatable bonds is 4. The van der Waals surface area contributed by atoms with E-state index >= 15 is 0 Å². The fourth-order valence-electron chi connectivity index (χ4n) is 1.85. The summed E-state index contributed by atoms with van der Waals surface area (Å²) in [6.45, 7) is -0.194. The highest BCUT2D eigenvalue weighted by atomic mass is 19.4. The minimum atomic E-state index is -4.73. The van der Waals surface area contributed by atoms with Crippen molar-refractivity contribution < 1.29 is 22.3 Å². The van der Waals surface area contributed by atoms with Crippen LogP contribution in [-0.4, -0.2) is 17.6 Å². The van der Waals surface area contributed by atoms with Gasteiger partial charge < -0.3 is 9.30 Å². The monoisotopic (exact) mass is 261 g/mol. The Balaban J connectivity index is 2.42. The van der Waals surface area contributed by atoms with E-state index in [9.17, 15) is 17.6 Å². The molecule has 1 aromatic carbocycles.